The van der Waals surface area contributed by atoms with Crippen molar-refractivity contribution >= 4 is 17.5 Å². The fourth-order valence-electron chi connectivity index (χ4n) is 4.35. The summed E-state index contributed by atoms with van der Waals surface area (Å²) in [6.45, 7) is 2.69. The van der Waals surface area contributed by atoms with E-state index in [1.54, 1.807) is 4.90 Å². The van der Waals surface area contributed by atoms with Gasteiger partial charge in [0.1, 0.15) is 6.04 Å². The number of nitrogens with one attached hydrogen (secondary N) is 1. The van der Waals surface area contributed by atoms with E-state index in [9.17, 15) is 9.59 Å². The fourth-order valence-corrected chi connectivity index (χ4v) is 4.35. The van der Waals surface area contributed by atoms with Crippen LogP contribution in [0.5, 0.6) is 0 Å². The third kappa shape index (κ3) is 3.94. The number of hydrogen-bond donors (Lipinski definition) is 1. The van der Waals surface area contributed by atoms with Crippen molar-refractivity contribution < 1.29 is 9.59 Å². The number of benzene rings is 2. The second-order valence-corrected chi connectivity index (χ2v) is 7.57. The summed E-state index contributed by atoms with van der Waals surface area (Å²) < 4.78 is 0. The van der Waals surface area contributed by atoms with Gasteiger partial charge in [-0.05, 0) is 50.0 Å². The molecule has 2 fully saturated rings. The molecule has 2 heterocycles. The lowest BCUT2D eigenvalue weighted by molar-refractivity contribution is -0.124. The molecule has 2 amide bonds. The van der Waals surface area contributed by atoms with E-state index >= 15 is 0 Å². The Kier molecular flexibility index (Phi) is 5.72. The Labute approximate surface area is 166 Å². The monoisotopic (exact) mass is 377 g/mol. The zero-order chi connectivity index (χ0) is 19.3. The molecule has 4 rings (SSSR count). The van der Waals surface area contributed by atoms with Gasteiger partial charge in [-0.15, -0.1) is 0 Å². The largest absolute Gasteiger partial charge is 0.352 e. The molecule has 0 aliphatic carbocycles. The van der Waals surface area contributed by atoms with Crippen molar-refractivity contribution in [3.63, 3.8) is 0 Å². The molecule has 0 saturated carbocycles. The molecule has 0 bridgehead atoms. The molecule has 2 aliphatic heterocycles. The first kappa shape index (κ1) is 18.7. The average Bonchev–Trinajstić information content (AvgIpc) is 3.39. The van der Waals surface area contributed by atoms with Crippen LogP contribution >= 0.6 is 0 Å². The van der Waals surface area contributed by atoms with Crippen molar-refractivity contribution in [2.45, 2.75) is 37.8 Å². The molecule has 2 aromatic rings. The van der Waals surface area contributed by atoms with Gasteiger partial charge < -0.3 is 5.32 Å². The second kappa shape index (κ2) is 8.57. The van der Waals surface area contributed by atoms with Crippen LogP contribution in [0.1, 0.15) is 37.3 Å². The molecule has 2 atom stereocenters. The molecule has 1 N–H and O–H groups in total. The van der Waals surface area contributed by atoms with Crippen LogP contribution < -0.4 is 10.2 Å². The Morgan fingerprint density at radius 3 is 2.32 bits per heavy atom. The number of rotatable bonds is 6. The molecule has 5 nitrogen and oxygen atoms in total. The van der Waals surface area contributed by atoms with Crippen LogP contribution in [0.4, 0.5) is 5.69 Å². The van der Waals surface area contributed by atoms with Crippen LogP contribution in [0.15, 0.2) is 60.7 Å². The summed E-state index contributed by atoms with van der Waals surface area (Å²) in [4.78, 5) is 29.5. The molecule has 28 heavy (non-hydrogen) atoms. The Morgan fingerprint density at radius 2 is 1.64 bits per heavy atom. The third-order valence-electron chi connectivity index (χ3n) is 5.78. The standard InChI is InChI=1S/C23H27N3O2/c27-22-14-13-20(26(22)19-11-5-2-6-12-19)23(28)24-17-21(25-15-7-8-16-25)18-9-3-1-4-10-18/h1-6,9-12,20-21H,7-8,13-17H2,(H,24,28). The van der Waals surface area contributed by atoms with Crippen LogP contribution in [0.25, 0.3) is 0 Å². The highest BCUT2D eigenvalue weighted by Gasteiger charge is 2.37. The van der Waals surface area contributed by atoms with Gasteiger partial charge in [-0.2, -0.15) is 0 Å². The number of para-hydroxylation sites is 1. The minimum atomic E-state index is -0.426. The Balaban J connectivity index is 1.46. The zero-order valence-corrected chi connectivity index (χ0v) is 16.1. The Bertz CT molecular complexity index is 803. The highest BCUT2D eigenvalue weighted by atomic mass is 16.2. The van der Waals surface area contributed by atoms with Crippen molar-refractivity contribution in [3.05, 3.63) is 66.2 Å². The van der Waals surface area contributed by atoms with Crippen LogP contribution in [-0.2, 0) is 9.59 Å². The first-order chi connectivity index (χ1) is 13.7. The highest BCUT2D eigenvalue weighted by Crippen LogP contribution is 2.28. The van der Waals surface area contributed by atoms with Crippen molar-refractivity contribution in [3.8, 4) is 0 Å². The topological polar surface area (TPSA) is 52.7 Å². The molecule has 5 heteroatoms. The molecule has 2 aliphatic rings. The Morgan fingerprint density at radius 1 is 1.00 bits per heavy atom. The summed E-state index contributed by atoms with van der Waals surface area (Å²) in [7, 11) is 0. The van der Waals surface area contributed by atoms with Crippen molar-refractivity contribution in [2.24, 2.45) is 0 Å². The van der Waals surface area contributed by atoms with Gasteiger partial charge in [0.05, 0.1) is 6.04 Å². The van der Waals surface area contributed by atoms with Gasteiger partial charge in [0, 0.05) is 18.7 Å². The number of carbonyl (C=O) groups excluding carboxylic acids is 2. The second-order valence-electron chi connectivity index (χ2n) is 7.57. The molecular weight excluding hydrogens is 350 g/mol. The van der Waals surface area contributed by atoms with Crippen molar-refractivity contribution in [1.82, 2.24) is 10.2 Å². The minimum Gasteiger partial charge on any atom is -0.352 e. The van der Waals surface area contributed by atoms with Gasteiger partial charge in [0.2, 0.25) is 11.8 Å². The van der Waals surface area contributed by atoms with E-state index in [1.165, 1.54) is 18.4 Å². The predicted molar refractivity (Wildman–Crippen MR) is 110 cm³/mol. The number of likely N-dealkylation sites (tertiary alicyclic amines) is 1. The average molecular weight is 377 g/mol. The van der Waals surface area contributed by atoms with Gasteiger partial charge in [-0.25, -0.2) is 0 Å². The molecule has 0 aromatic heterocycles. The fraction of sp³-hybridized carbons (Fsp3) is 0.391. The van der Waals surface area contributed by atoms with Crippen molar-refractivity contribution in [1.29, 1.82) is 0 Å². The summed E-state index contributed by atoms with van der Waals surface area (Å²) >= 11 is 0. The van der Waals surface area contributed by atoms with Gasteiger partial charge in [0.15, 0.2) is 0 Å². The van der Waals surface area contributed by atoms with E-state index in [0.717, 1.165) is 18.8 Å². The maximum Gasteiger partial charge on any atom is 0.243 e. The first-order valence-electron chi connectivity index (χ1n) is 10.2. The number of carbonyl (C=O) groups is 2. The molecular formula is C23H27N3O2. The molecule has 146 valence electrons. The van der Waals surface area contributed by atoms with E-state index in [4.69, 9.17) is 0 Å². The van der Waals surface area contributed by atoms with Crippen LogP contribution in [0, 0.1) is 0 Å². The summed E-state index contributed by atoms with van der Waals surface area (Å²) in [6, 6.07) is 19.6. The van der Waals surface area contributed by atoms with Crippen LogP contribution in [0.2, 0.25) is 0 Å². The maximum atomic E-state index is 13.0. The maximum absolute atomic E-state index is 13.0. The highest BCUT2D eigenvalue weighted by molar-refractivity contribution is 6.03. The van der Waals surface area contributed by atoms with E-state index in [0.29, 0.717) is 19.4 Å². The number of hydrogen-bond acceptors (Lipinski definition) is 3. The lowest BCUT2D eigenvalue weighted by Crippen LogP contribution is -2.47. The predicted octanol–water partition coefficient (Wildman–Crippen LogP) is 3.14. The van der Waals surface area contributed by atoms with E-state index in [2.05, 4.69) is 22.3 Å². The molecule has 2 aromatic carbocycles. The van der Waals surface area contributed by atoms with Crippen LogP contribution in [-0.4, -0.2) is 42.4 Å². The van der Waals surface area contributed by atoms with Gasteiger partial charge in [0.25, 0.3) is 0 Å². The summed E-state index contributed by atoms with van der Waals surface area (Å²) in [5.74, 6) is -0.0414. The lowest BCUT2D eigenvalue weighted by Gasteiger charge is -2.30. The van der Waals surface area contributed by atoms with Gasteiger partial charge in [-0.1, -0.05) is 48.5 Å². The lowest BCUT2D eigenvalue weighted by atomic mass is 10.1. The molecule has 2 unspecified atom stereocenters. The Hall–Kier alpha value is -2.66. The molecule has 0 spiro atoms. The number of anilines is 1. The SMILES string of the molecule is O=C(NCC(c1ccccc1)N1CCCC1)C1CCC(=O)N1c1ccccc1. The molecule has 2 saturated heterocycles. The normalized spacial score (nSPS) is 21.1. The van der Waals surface area contributed by atoms with E-state index < -0.39 is 6.04 Å². The quantitative estimate of drug-likeness (QED) is 0.841. The summed E-state index contributed by atoms with van der Waals surface area (Å²) in [5.41, 5.74) is 2.02. The first-order valence-corrected chi connectivity index (χ1v) is 10.2. The van der Waals surface area contributed by atoms with Gasteiger partial charge >= 0.3 is 0 Å². The summed E-state index contributed by atoms with van der Waals surface area (Å²) in [6.07, 6.45) is 3.40. The summed E-state index contributed by atoms with van der Waals surface area (Å²) in [5, 5.41) is 3.15. The smallest absolute Gasteiger partial charge is 0.243 e. The zero-order valence-electron chi connectivity index (χ0n) is 16.1. The van der Waals surface area contributed by atoms with E-state index in [1.807, 2.05) is 48.5 Å². The van der Waals surface area contributed by atoms with E-state index in [-0.39, 0.29) is 17.9 Å². The number of nitrogens with zero attached hydrogens (tertiary/aromatic N) is 2. The van der Waals surface area contributed by atoms with Gasteiger partial charge in [-0.3, -0.25) is 19.4 Å². The van der Waals surface area contributed by atoms with Crippen LogP contribution in [0.3, 0.4) is 0 Å². The van der Waals surface area contributed by atoms with Crippen molar-refractivity contribution in [2.75, 3.05) is 24.5 Å². The number of amides is 2. The minimum absolute atomic E-state index is 0.0190. The third-order valence-corrected chi connectivity index (χ3v) is 5.78. The molecule has 0 radical (unpaired) electrons.